The fraction of sp³-hybridized carbons (Fsp3) is 0.708. The maximum atomic E-state index is 13.5. The minimum Gasteiger partial charge on any atom is -0.361 e. The Bertz CT molecular complexity index is 992. The van der Waals surface area contributed by atoms with Crippen LogP contribution in [0.2, 0.25) is 0 Å². The Morgan fingerprint density at radius 3 is 2.70 bits per heavy atom. The van der Waals surface area contributed by atoms with E-state index >= 15 is 0 Å². The summed E-state index contributed by atoms with van der Waals surface area (Å²) in [5.74, 6) is -1.56. The molecule has 3 fully saturated rings. The number of aryl methyl sites for hydroxylation is 1. The number of carbonyl (C=O) groups is 1. The van der Waals surface area contributed by atoms with Gasteiger partial charge in [0.05, 0.1) is 17.8 Å². The Balaban J connectivity index is 1.03. The van der Waals surface area contributed by atoms with Gasteiger partial charge in [-0.05, 0) is 63.8 Å². The zero-order chi connectivity index (χ0) is 23.2. The number of aromatic nitrogens is 2. The van der Waals surface area contributed by atoms with E-state index in [0.717, 1.165) is 70.8 Å². The van der Waals surface area contributed by atoms with Crippen molar-refractivity contribution in [2.75, 3.05) is 19.6 Å². The van der Waals surface area contributed by atoms with Crippen LogP contribution in [0, 0.1) is 18.8 Å². The molecule has 1 unspecified atom stereocenters. The Hall–Kier alpha value is -2.29. The second kappa shape index (κ2) is 8.49. The van der Waals surface area contributed by atoms with Crippen molar-refractivity contribution in [2.24, 2.45) is 11.8 Å². The maximum Gasteiger partial charge on any atom is 0.304 e. The number of piperidine rings is 1. The minimum atomic E-state index is -2.99. The maximum absolute atomic E-state index is 13.5. The van der Waals surface area contributed by atoms with Crippen molar-refractivity contribution >= 4 is 5.91 Å². The molecule has 9 heteroatoms. The highest BCUT2D eigenvalue weighted by Gasteiger charge is 2.62. The highest BCUT2D eigenvalue weighted by Crippen LogP contribution is 2.59. The third kappa shape index (κ3) is 4.83. The van der Waals surface area contributed by atoms with Gasteiger partial charge >= 0.3 is 5.92 Å². The summed E-state index contributed by atoms with van der Waals surface area (Å²) in [4.78, 5) is 14.7. The van der Waals surface area contributed by atoms with Crippen LogP contribution in [-0.2, 0) is 22.6 Å². The van der Waals surface area contributed by atoms with E-state index in [2.05, 4.69) is 20.5 Å². The summed E-state index contributed by atoms with van der Waals surface area (Å²) >= 11 is 0. The molecule has 2 atom stereocenters. The fourth-order valence-electron chi connectivity index (χ4n) is 5.77. The molecule has 0 spiro atoms. The average molecular weight is 463 g/mol. The topological polar surface area (TPSA) is 84.4 Å². The molecular formula is C24H32F2N4O3. The van der Waals surface area contributed by atoms with E-state index in [9.17, 15) is 13.6 Å². The number of alkyl halides is 2. The SMILES string of the molecule is Cc1cc(CC(=O)NC2CCC(CCN3CC4C[C@]4(c4cc(C(C)(F)F)on4)C3)CC2)on1. The van der Waals surface area contributed by atoms with Gasteiger partial charge in [-0.15, -0.1) is 0 Å². The number of nitrogens with zero attached hydrogens (tertiary/aromatic N) is 3. The van der Waals surface area contributed by atoms with Crippen LogP contribution in [0.1, 0.15) is 68.4 Å². The minimum absolute atomic E-state index is 0.00645. The van der Waals surface area contributed by atoms with Gasteiger partial charge in [0.25, 0.3) is 0 Å². The summed E-state index contributed by atoms with van der Waals surface area (Å²) in [5, 5.41) is 11.0. The van der Waals surface area contributed by atoms with Gasteiger partial charge in [-0.2, -0.15) is 8.78 Å². The summed E-state index contributed by atoms with van der Waals surface area (Å²) in [6.45, 7) is 5.61. The van der Waals surface area contributed by atoms with Crippen LogP contribution in [0.25, 0.3) is 0 Å². The van der Waals surface area contributed by atoms with Crippen molar-refractivity contribution in [3.8, 4) is 0 Å². The number of hydrogen-bond acceptors (Lipinski definition) is 6. The standard InChI is InChI=1S/C24H32F2N4O3/c1-15-9-19(32-28-15)10-22(31)27-18-5-3-16(4-6-18)7-8-30-13-17-12-24(17,14-30)20-11-21(33-29-20)23(2,25)26/h9,11,16-18H,3-8,10,12-14H2,1-2H3,(H,27,31)/t16?,17?,18?,24-/m0/s1. The molecular weight excluding hydrogens is 430 g/mol. The first-order valence-electron chi connectivity index (χ1n) is 12.0. The average Bonchev–Trinajstić information content (AvgIpc) is 3.18. The van der Waals surface area contributed by atoms with Gasteiger partial charge in [0, 0.05) is 43.6 Å². The van der Waals surface area contributed by atoms with E-state index in [1.807, 2.05) is 6.92 Å². The Labute approximate surface area is 192 Å². The van der Waals surface area contributed by atoms with Crippen molar-refractivity contribution < 1.29 is 22.6 Å². The Morgan fingerprint density at radius 2 is 2.03 bits per heavy atom. The monoisotopic (exact) mass is 462 g/mol. The van der Waals surface area contributed by atoms with Gasteiger partial charge in [0.15, 0.2) is 0 Å². The van der Waals surface area contributed by atoms with Crippen LogP contribution in [0.15, 0.2) is 21.2 Å². The van der Waals surface area contributed by atoms with Gasteiger partial charge in [0.2, 0.25) is 11.7 Å². The zero-order valence-electron chi connectivity index (χ0n) is 19.3. The number of amides is 1. The molecule has 2 aromatic rings. The van der Waals surface area contributed by atoms with E-state index in [4.69, 9.17) is 9.05 Å². The normalized spacial score (nSPS) is 29.8. The molecule has 1 saturated heterocycles. The van der Waals surface area contributed by atoms with Crippen molar-refractivity contribution in [1.29, 1.82) is 0 Å². The third-order valence-corrected chi connectivity index (χ3v) is 7.75. The molecule has 5 rings (SSSR count). The van der Waals surface area contributed by atoms with Crippen LogP contribution in [0.3, 0.4) is 0 Å². The van der Waals surface area contributed by atoms with Crippen molar-refractivity contribution in [1.82, 2.24) is 20.5 Å². The molecule has 0 aromatic carbocycles. The number of carbonyl (C=O) groups excluding carboxylic acids is 1. The van der Waals surface area contributed by atoms with Gasteiger partial charge in [-0.1, -0.05) is 10.3 Å². The van der Waals surface area contributed by atoms with Gasteiger partial charge in [-0.3, -0.25) is 4.79 Å². The molecule has 0 radical (unpaired) electrons. The van der Waals surface area contributed by atoms with Crippen molar-refractivity contribution in [2.45, 2.75) is 76.2 Å². The fourth-order valence-corrected chi connectivity index (χ4v) is 5.77. The molecule has 1 amide bonds. The molecule has 3 heterocycles. The number of hydrogen-bond donors (Lipinski definition) is 1. The molecule has 1 aliphatic heterocycles. The molecule has 2 aromatic heterocycles. The van der Waals surface area contributed by atoms with E-state index in [0.29, 0.717) is 23.3 Å². The predicted molar refractivity (Wildman–Crippen MR) is 116 cm³/mol. The first kappa shape index (κ1) is 22.5. The molecule has 3 aliphatic rings. The van der Waals surface area contributed by atoms with Crippen LogP contribution < -0.4 is 5.32 Å². The number of halogens is 2. The van der Waals surface area contributed by atoms with Crippen LogP contribution in [-0.4, -0.2) is 46.8 Å². The van der Waals surface area contributed by atoms with Crippen molar-refractivity contribution in [3.63, 3.8) is 0 Å². The largest absolute Gasteiger partial charge is 0.361 e. The van der Waals surface area contributed by atoms with E-state index in [-0.39, 0.29) is 29.5 Å². The summed E-state index contributed by atoms with van der Waals surface area (Å²) < 4.78 is 37.1. The Morgan fingerprint density at radius 1 is 1.24 bits per heavy atom. The smallest absolute Gasteiger partial charge is 0.304 e. The number of rotatable bonds is 8. The number of fused-ring (bicyclic) bond motifs is 1. The third-order valence-electron chi connectivity index (χ3n) is 7.75. The highest BCUT2D eigenvalue weighted by molar-refractivity contribution is 5.78. The predicted octanol–water partition coefficient (Wildman–Crippen LogP) is 3.96. The van der Waals surface area contributed by atoms with E-state index in [1.54, 1.807) is 6.07 Å². The second-order valence-corrected chi connectivity index (χ2v) is 10.4. The van der Waals surface area contributed by atoms with E-state index < -0.39 is 5.92 Å². The quantitative estimate of drug-likeness (QED) is 0.639. The van der Waals surface area contributed by atoms with Crippen LogP contribution in [0.5, 0.6) is 0 Å². The van der Waals surface area contributed by atoms with Crippen LogP contribution in [0.4, 0.5) is 8.78 Å². The lowest BCUT2D eigenvalue weighted by molar-refractivity contribution is -0.121. The first-order chi connectivity index (χ1) is 15.7. The molecule has 33 heavy (non-hydrogen) atoms. The summed E-state index contributed by atoms with van der Waals surface area (Å²) in [6.07, 6.45) is 6.64. The van der Waals surface area contributed by atoms with Gasteiger partial charge in [0.1, 0.15) is 5.76 Å². The number of likely N-dealkylation sites (tertiary alicyclic amines) is 1. The van der Waals surface area contributed by atoms with Crippen molar-refractivity contribution in [3.05, 3.63) is 35.0 Å². The summed E-state index contributed by atoms with van der Waals surface area (Å²) in [6, 6.07) is 3.49. The summed E-state index contributed by atoms with van der Waals surface area (Å²) in [5.41, 5.74) is 1.40. The van der Waals surface area contributed by atoms with Gasteiger partial charge < -0.3 is 19.3 Å². The lowest BCUT2D eigenvalue weighted by Gasteiger charge is -2.30. The zero-order valence-corrected chi connectivity index (χ0v) is 19.3. The molecule has 0 bridgehead atoms. The molecule has 7 nitrogen and oxygen atoms in total. The van der Waals surface area contributed by atoms with E-state index in [1.165, 1.54) is 6.07 Å². The molecule has 2 saturated carbocycles. The summed E-state index contributed by atoms with van der Waals surface area (Å²) in [7, 11) is 0. The number of nitrogens with one attached hydrogen (secondary N) is 1. The molecule has 1 N–H and O–H groups in total. The highest BCUT2D eigenvalue weighted by atomic mass is 19.3. The first-order valence-corrected chi connectivity index (χ1v) is 12.0. The molecule has 2 aliphatic carbocycles. The second-order valence-electron chi connectivity index (χ2n) is 10.4. The lowest BCUT2D eigenvalue weighted by atomic mass is 9.84. The lowest BCUT2D eigenvalue weighted by Crippen LogP contribution is -2.39. The Kier molecular flexibility index (Phi) is 5.79. The van der Waals surface area contributed by atoms with Gasteiger partial charge in [-0.25, -0.2) is 0 Å². The van der Waals surface area contributed by atoms with Crippen LogP contribution >= 0.6 is 0 Å². The molecule has 180 valence electrons.